The minimum atomic E-state index is -0.859. The Kier molecular flexibility index (Phi) is 7.04. The van der Waals surface area contributed by atoms with E-state index in [1.807, 2.05) is 51.1 Å². The normalized spacial score (nSPS) is 21.5. The minimum Gasteiger partial charge on any atom is -0.467 e. The fraction of sp³-hybridized carbons (Fsp3) is 0.591. The van der Waals surface area contributed by atoms with E-state index in [0.717, 1.165) is 12.0 Å². The molecule has 0 saturated carbocycles. The molecular weight excluding hydrogens is 402 g/mol. The summed E-state index contributed by atoms with van der Waals surface area (Å²) in [4.78, 5) is 40.7. The van der Waals surface area contributed by atoms with Gasteiger partial charge >= 0.3 is 18.2 Å². The molecule has 0 aliphatic carbocycles. The minimum absolute atomic E-state index is 0.0307. The summed E-state index contributed by atoms with van der Waals surface area (Å²) >= 11 is 0. The topological polar surface area (TPSA) is 97.4 Å². The zero-order valence-electron chi connectivity index (χ0n) is 18.5. The second-order valence-electron chi connectivity index (χ2n) is 8.91. The van der Waals surface area contributed by atoms with Crippen molar-refractivity contribution in [1.29, 1.82) is 0 Å². The third-order valence-corrected chi connectivity index (χ3v) is 5.39. The summed E-state index contributed by atoms with van der Waals surface area (Å²) in [5, 5.41) is 2.61. The van der Waals surface area contributed by atoms with E-state index in [2.05, 4.69) is 10.2 Å². The molecule has 2 aliphatic rings. The van der Waals surface area contributed by atoms with E-state index < -0.39 is 23.7 Å². The van der Waals surface area contributed by atoms with Crippen LogP contribution in [0.15, 0.2) is 30.3 Å². The zero-order chi connectivity index (χ0) is 22.6. The zero-order valence-corrected chi connectivity index (χ0v) is 18.5. The van der Waals surface area contributed by atoms with Crippen molar-refractivity contribution in [2.45, 2.75) is 57.5 Å². The summed E-state index contributed by atoms with van der Waals surface area (Å²) in [6.07, 6.45) is -0.184. The molecule has 31 heavy (non-hydrogen) atoms. The smallest absolute Gasteiger partial charge is 0.410 e. The number of hydrogen-bond acceptors (Lipinski definition) is 7. The van der Waals surface area contributed by atoms with E-state index in [4.69, 9.17) is 14.2 Å². The number of carbonyl (C=O) groups is 3. The summed E-state index contributed by atoms with van der Waals surface area (Å²) in [7, 11) is 1.28. The third kappa shape index (κ3) is 6.10. The predicted octanol–water partition coefficient (Wildman–Crippen LogP) is 2.15. The SMILES string of the molecule is COC(=O)[C@H](CN1C[C@H]2C[C@@H]1CN2C(=O)OC(C)(C)C)NC(=O)OCc1ccccc1. The lowest BCUT2D eigenvalue weighted by Crippen LogP contribution is -2.55. The van der Waals surface area contributed by atoms with Crippen LogP contribution in [0, 0.1) is 0 Å². The number of rotatable bonds is 6. The van der Waals surface area contributed by atoms with Gasteiger partial charge in [0.05, 0.1) is 7.11 Å². The Morgan fingerprint density at radius 3 is 2.42 bits per heavy atom. The molecule has 2 aliphatic heterocycles. The highest BCUT2D eigenvalue weighted by molar-refractivity contribution is 5.81. The van der Waals surface area contributed by atoms with Gasteiger partial charge in [-0.2, -0.15) is 0 Å². The van der Waals surface area contributed by atoms with Crippen molar-refractivity contribution in [3.05, 3.63) is 35.9 Å². The van der Waals surface area contributed by atoms with Crippen LogP contribution in [0.5, 0.6) is 0 Å². The first-order valence-corrected chi connectivity index (χ1v) is 10.4. The molecule has 0 spiro atoms. The van der Waals surface area contributed by atoms with Gasteiger partial charge in [-0.15, -0.1) is 0 Å². The lowest BCUT2D eigenvalue weighted by Gasteiger charge is -2.36. The van der Waals surface area contributed by atoms with Crippen LogP contribution in [0.4, 0.5) is 9.59 Å². The van der Waals surface area contributed by atoms with E-state index in [1.54, 1.807) is 4.90 Å². The molecule has 3 atom stereocenters. The Morgan fingerprint density at radius 1 is 1.13 bits per heavy atom. The molecule has 2 bridgehead atoms. The molecule has 1 aromatic carbocycles. The van der Waals surface area contributed by atoms with Crippen LogP contribution in [-0.2, 0) is 25.6 Å². The number of hydrogen-bond donors (Lipinski definition) is 1. The predicted molar refractivity (Wildman–Crippen MR) is 112 cm³/mol. The van der Waals surface area contributed by atoms with E-state index >= 15 is 0 Å². The first kappa shape index (κ1) is 22.9. The summed E-state index contributed by atoms with van der Waals surface area (Å²) < 4.78 is 15.6. The highest BCUT2D eigenvalue weighted by atomic mass is 16.6. The third-order valence-electron chi connectivity index (χ3n) is 5.39. The van der Waals surface area contributed by atoms with E-state index in [-0.39, 0.29) is 31.3 Å². The van der Waals surface area contributed by atoms with Crippen LogP contribution >= 0.6 is 0 Å². The molecule has 0 unspecified atom stereocenters. The number of amides is 2. The standard InChI is InChI=1S/C22H31N3O6/c1-22(2,3)31-21(28)25-12-16-10-17(25)11-24(16)13-18(19(26)29-4)23-20(27)30-14-15-8-6-5-7-9-15/h5-9,16-18H,10-14H2,1-4H3,(H,23,27)/t16-,17-,18+/m1/s1. The molecule has 2 saturated heterocycles. The van der Waals surface area contributed by atoms with Crippen molar-refractivity contribution >= 4 is 18.2 Å². The number of benzene rings is 1. The number of fused-ring (bicyclic) bond motifs is 2. The monoisotopic (exact) mass is 433 g/mol. The fourth-order valence-electron chi connectivity index (χ4n) is 3.98. The van der Waals surface area contributed by atoms with Gasteiger partial charge in [-0.3, -0.25) is 4.90 Å². The van der Waals surface area contributed by atoms with Crippen molar-refractivity contribution in [2.75, 3.05) is 26.7 Å². The average molecular weight is 434 g/mol. The molecule has 9 heteroatoms. The number of alkyl carbamates (subject to hydrolysis) is 1. The first-order chi connectivity index (χ1) is 14.7. The molecule has 2 fully saturated rings. The second-order valence-corrected chi connectivity index (χ2v) is 8.91. The number of likely N-dealkylation sites (tertiary alicyclic amines) is 2. The summed E-state index contributed by atoms with van der Waals surface area (Å²) in [6, 6.07) is 8.57. The Balaban J connectivity index is 1.52. The number of methoxy groups -OCH3 is 1. The van der Waals surface area contributed by atoms with E-state index in [9.17, 15) is 14.4 Å². The number of ether oxygens (including phenoxy) is 3. The maximum atomic E-state index is 12.4. The highest BCUT2D eigenvalue weighted by Gasteiger charge is 2.47. The van der Waals surface area contributed by atoms with E-state index in [0.29, 0.717) is 13.1 Å². The first-order valence-electron chi connectivity index (χ1n) is 10.4. The number of carbonyl (C=O) groups excluding carboxylic acids is 3. The van der Waals surface area contributed by atoms with Gasteiger partial charge in [0.25, 0.3) is 0 Å². The van der Waals surface area contributed by atoms with Gasteiger partial charge in [-0.1, -0.05) is 30.3 Å². The van der Waals surface area contributed by atoms with Crippen molar-refractivity contribution in [2.24, 2.45) is 0 Å². The van der Waals surface area contributed by atoms with E-state index in [1.165, 1.54) is 7.11 Å². The van der Waals surface area contributed by atoms with Crippen LogP contribution in [-0.4, -0.2) is 78.4 Å². The average Bonchev–Trinajstić information content (AvgIpc) is 3.31. The number of nitrogens with zero attached hydrogens (tertiary/aromatic N) is 2. The van der Waals surface area contributed by atoms with Gasteiger partial charge in [-0.05, 0) is 32.8 Å². The molecular formula is C22H31N3O6. The molecule has 170 valence electrons. The lowest BCUT2D eigenvalue weighted by atomic mass is 10.2. The maximum absolute atomic E-state index is 12.4. The van der Waals surface area contributed by atoms with Crippen LogP contribution in [0.25, 0.3) is 0 Å². The van der Waals surface area contributed by atoms with Crippen molar-refractivity contribution in [3.8, 4) is 0 Å². The maximum Gasteiger partial charge on any atom is 0.410 e. The molecule has 2 amide bonds. The quantitative estimate of drug-likeness (QED) is 0.542. The number of nitrogens with one attached hydrogen (secondary N) is 1. The fourth-order valence-corrected chi connectivity index (χ4v) is 3.98. The molecule has 0 aromatic heterocycles. The van der Waals surface area contributed by atoms with Gasteiger partial charge in [-0.25, -0.2) is 14.4 Å². The second kappa shape index (κ2) is 9.55. The van der Waals surface area contributed by atoms with Crippen molar-refractivity contribution < 1.29 is 28.6 Å². The van der Waals surface area contributed by atoms with Crippen LogP contribution in [0.2, 0.25) is 0 Å². The molecule has 1 aromatic rings. The highest BCUT2D eigenvalue weighted by Crippen LogP contribution is 2.32. The number of esters is 1. The van der Waals surface area contributed by atoms with Gasteiger partial charge in [0.2, 0.25) is 0 Å². The molecule has 9 nitrogen and oxygen atoms in total. The Labute approximate surface area is 182 Å². The Bertz CT molecular complexity index is 794. The summed E-state index contributed by atoms with van der Waals surface area (Å²) in [5.74, 6) is -0.538. The summed E-state index contributed by atoms with van der Waals surface area (Å²) in [6.45, 7) is 7.07. The summed E-state index contributed by atoms with van der Waals surface area (Å²) in [5.41, 5.74) is 0.310. The molecule has 2 heterocycles. The Morgan fingerprint density at radius 2 is 1.84 bits per heavy atom. The van der Waals surface area contributed by atoms with Crippen LogP contribution in [0.3, 0.4) is 0 Å². The number of piperazine rings is 1. The van der Waals surface area contributed by atoms with Gasteiger partial charge in [0, 0.05) is 31.7 Å². The molecule has 0 radical (unpaired) electrons. The lowest BCUT2D eigenvalue weighted by molar-refractivity contribution is -0.143. The van der Waals surface area contributed by atoms with Crippen LogP contribution < -0.4 is 5.32 Å². The molecule has 1 N–H and O–H groups in total. The molecule has 3 rings (SSSR count). The van der Waals surface area contributed by atoms with Crippen LogP contribution in [0.1, 0.15) is 32.8 Å². The largest absolute Gasteiger partial charge is 0.467 e. The van der Waals surface area contributed by atoms with Crippen molar-refractivity contribution in [3.63, 3.8) is 0 Å². The van der Waals surface area contributed by atoms with Gasteiger partial charge in [0.1, 0.15) is 18.2 Å². The van der Waals surface area contributed by atoms with Crippen molar-refractivity contribution in [1.82, 2.24) is 15.1 Å². The van der Waals surface area contributed by atoms with Gasteiger partial charge in [0.15, 0.2) is 0 Å². The Hall–Kier alpha value is -2.81. The van der Waals surface area contributed by atoms with Gasteiger partial charge < -0.3 is 24.4 Å².